The average Bonchev–Trinajstić information content (AvgIpc) is 3.30. The molecule has 0 spiro atoms. The highest BCUT2D eigenvalue weighted by atomic mass is 32.1. The van der Waals surface area contributed by atoms with Crippen molar-refractivity contribution in [2.24, 2.45) is 5.41 Å². The molecule has 2 amide bonds. The van der Waals surface area contributed by atoms with E-state index >= 15 is 0 Å². The van der Waals surface area contributed by atoms with Crippen LogP contribution < -0.4 is 15.0 Å². The van der Waals surface area contributed by atoms with Gasteiger partial charge in [-0.25, -0.2) is 0 Å². The highest BCUT2D eigenvalue weighted by molar-refractivity contribution is 7.10. The molecule has 1 aromatic heterocycles. The van der Waals surface area contributed by atoms with Crippen LogP contribution in [0.4, 0.5) is 11.4 Å². The molecule has 1 N–H and O–H groups in total. The summed E-state index contributed by atoms with van der Waals surface area (Å²) in [6.45, 7) is 6.63. The van der Waals surface area contributed by atoms with Gasteiger partial charge in [-0.05, 0) is 57.2 Å². The zero-order valence-electron chi connectivity index (χ0n) is 15.9. The zero-order valence-corrected chi connectivity index (χ0v) is 16.7. The Hall–Kier alpha value is -2.34. The average molecular weight is 385 g/mol. The van der Waals surface area contributed by atoms with E-state index in [1.54, 1.807) is 16.2 Å². The molecule has 2 aromatic rings. The summed E-state index contributed by atoms with van der Waals surface area (Å²) in [6.07, 6.45) is 1.76. The summed E-state index contributed by atoms with van der Waals surface area (Å²) in [5, 5.41) is 5.06. The number of benzene rings is 1. The molecule has 0 saturated heterocycles. The Morgan fingerprint density at radius 3 is 2.70 bits per heavy atom. The number of carbonyl (C=O) groups excluding carboxylic acids is 2. The summed E-state index contributed by atoms with van der Waals surface area (Å²) in [5.74, 6) is 0.715. The fourth-order valence-corrected chi connectivity index (χ4v) is 4.53. The first-order chi connectivity index (χ1) is 12.9. The molecule has 5 nitrogen and oxygen atoms in total. The van der Waals surface area contributed by atoms with Gasteiger partial charge in [0.05, 0.1) is 16.5 Å². The van der Waals surface area contributed by atoms with Crippen molar-refractivity contribution in [2.75, 3.05) is 23.4 Å². The minimum Gasteiger partial charge on any atom is -0.490 e. The highest BCUT2D eigenvalue weighted by Gasteiger charge is 2.52. The standard InChI is InChI=1S/C21H24N2O3S/c1-4-23-15-8-7-14(12-16(15)26-13-20(2,3)19(23)25)22-18(24)21(9-10-21)17-6-5-11-27-17/h5-8,11-12H,4,9-10,13H2,1-3H3,(H,22,24). The molecule has 0 atom stereocenters. The van der Waals surface area contributed by atoms with Crippen molar-refractivity contribution in [3.05, 3.63) is 40.6 Å². The van der Waals surface area contributed by atoms with Crippen LogP contribution >= 0.6 is 11.3 Å². The SMILES string of the molecule is CCN1C(=O)C(C)(C)COc2cc(NC(=O)C3(c4cccs4)CC3)ccc21. The quantitative estimate of drug-likeness (QED) is 0.860. The van der Waals surface area contributed by atoms with E-state index in [0.717, 1.165) is 23.4 Å². The first kappa shape index (κ1) is 18.0. The molecular weight excluding hydrogens is 360 g/mol. The van der Waals surface area contributed by atoms with Gasteiger partial charge >= 0.3 is 0 Å². The third-order valence-corrected chi connectivity index (χ3v) is 6.49. The van der Waals surface area contributed by atoms with Gasteiger partial charge in [-0.1, -0.05) is 6.07 Å². The lowest BCUT2D eigenvalue weighted by Crippen LogP contribution is -2.42. The van der Waals surface area contributed by atoms with Crippen molar-refractivity contribution in [2.45, 2.75) is 39.0 Å². The van der Waals surface area contributed by atoms with Crippen LogP contribution in [0, 0.1) is 5.41 Å². The fourth-order valence-electron chi connectivity index (χ4n) is 3.55. The van der Waals surface area contributed by atoms with Crippen LogP contribution in [0.2, 0.25) is 0 Å². The van der Waals surface area contributed by atoms with Gasteiger partial charge in [0.2, 0.25) is 11.8 Å². The Labute approximate surface area is 163 Å². The van der Waals surface area contributed by atoms with Crippen LogP contribution in [0.5, 0.6) is 5.75 Å². The first-order valence-electron chi connectivity index (χ1n) is 9.32. The molecule has 4 rings (SSSR count). The molecule has 0 radical (unpaired) electrons. The maximum Gasteiger partial charge on any atom is 0.236 e. The molecule has 142 valence electrons. The van der Waals surface area contributed by atoms with Crippen molar-refractivity contribution >= 4 is 34.5 Å². The fraction of sp³-hybridized carbons (Fsp3) is 0.429. The molecule has 2 aliphatic rings. The van der Waals surface area contributed by atoms with Crippen LogP contribution in [0.15, 0.2) is 35.7 Å². The third-order valence-electron chi connectivity index (χ3n) is 5.41. The molecule has 1 fully saturated rings. The minimum atomic E-state index is -0.588. The predicted octanol–water partition coefficient (Wildman–Crippen LogP) is 4.19. The number of amides is 2. The molecule has 2 heterocycles. The normalized spacial score (nSPS) is 19.7. The highest BCUT2D eigenvalue weighted by Crippen LogP contribution is 2.51. The largest absolute Gasteiger partial charge is 0.490 e. The van der Waals surface area contributed by atoms with E-state index in [2.05, 4.69) is 5.32 Å². The van der Waals surface area contributed by atoms with E-state index in [1.807, 2.05) is 56.5 Å². The summed E-state index contributed by atoms with van der Waals surface area (Å²) >= 11 is 1.63. The van der Waals surface area contributed by atoms with Crippen LogP contribution in [0.1, 0.15) is 38.5 Å². The molecule has 6 heteroatoms. The second kappa shape index (κ2) is 6.37. The lowest BCUT2D eigenvalue weighted by Gasteiger charge is -2.26. The van der Waals surface area contributed by atoms with Crippen molar-refractivity contribution in [3.63, 3.8) is 0 Å². The van der Waals surface area contributed by atoms with Crippen molar-refractivity contribution in [1.82, 2.24) is 0 Å². The van der Waals surface area contributed by atoms with E-state index in [9.17, 15) is 9.59 Å². The van der Waals surface area contributed by atoms with E-state index in [-0.39, 0.29) is 17.2 Å². The first-order valence-corrected chi connectivity index (χ1v) is 10.2. The van der Waals surface area contributed by atoms with Crippen LogP contribution in [0.3, 0.4) is 0 Å². The summed E-state index contributed by atoms with van der Waals surface area (Å²) in [4.78, 5) is 28.5. The Morgan fingerprint density at radius 2 is 2.07 bits per heavy atom. The van der Waals surface area contributed by atoms with Gasteiger partial charge in [0.25, 0.3) is 0 Å². The maximum atomic E-state index is 12.9. The molecule has 27 heavy (non-hydrogen) atoms. The topological polar surface area (TPSA) is 58.6 Å². The number of anilines is 2. The van der Waals surface area contributed by atoms with E-state index < -0.39 is 5.41 Å². The van der Waals surface area contributed by atoms with Gasteiger partial charge in [0, 0.05) is 23.2 Å². The smallest absolute Gasteiger partial charge is 0.236 e. The van der Waals surface area contributed by atoms with Crippen molar-refractivity contribution < 1.29 is 14.3 Å². The van der Waals surface area contributed by atoms with Crippen molar-refractivity contribution in [1.29, 1.82) is 0 Å². The zero-order chi connectivity index (χ0) is 19.2. The maximum absolute atomic E-state index is 12.9. The number of nitrogens with one attached hydrogen (secondary N) is 1. The van der Waals surface area contributed by atoms with Crippen molar-refractivity contribution in [3.8, 4) is 5.75 Å². The van der Waals surface area contributed by atoms with Gasteiger partial charge < -0.3 is 15.0 Å². The number of nitrogens with zero attached hydrogens (tertiary/aromatic N) is 1. The number of thiophene rings is 1. The number of hydrogen-bond acceptors (Lipinski definition) is 4. The van der Waals surface area contributed by atoms with Gasteiger partial charge in [0.1, 0.15) is 12.4 Å². The molecule has 1 saturated carbocycles. The minimum absolute atomic E-state index is 0.0299. The van der Waals surface area contributed by atoms with Gasteiger partial charge in [-0.15, -0.1) is 11.3 Å². The number of rotatable bonds is 4. The van der Waals surface area contributed by atoms with Crippen LogP contribution in [0.25, 0.3) is 0 Å². The molecule has 1 aliphatic carbocycles. The Balaban J connectivity index is 1.60. The molecule has 1 aromatic carbocycles. The van der Waals surface area contributed by atoms with E-state index in [4.69, 9.17) is 4.74 Å². The number of hydrogen-bond donors (Lipinski definition) is 1. The summed E-state index contributed by atoms with van der Waals surface area (Å²) in [5.41, 5.74) is 0.487. The molecular formula is C21H24N2O3S. The second-order valence-electron chi connectivity index (χ2n) is 7.92. The second-order valence-corrected chi connectivity index (χ2v) is 8.87. The summed E-state index contributed by atoms with van der Waals surface area (Å²) < 4.78 is 5.95. The van der Waals surface area contributed by atoms with Gasteiger partial charge in [-0.2, -0.15) is 0 Å². The van der Waals surface area contributed by atoms with Gasteiger partial charge in [0.15, 0.2) is 0 Å². The Morgan fingerprint density at radius 1 is 1.30 bits per heavy atom. The van der Waals surface area contributed by atoms with E-state index in [0.29, 0.717) is 24.6 Å². The number of carbonyl (C=O) groups is 2. The van der Waals surface area contributed by atoms with Crippen LogP contribution in [-0.2, 0) is 15.0 Å². The lowest BCUT2D eigenvalue weighted by atomic mass is 9.93. The lowest BCUT2D eigenvalue weighted by molar-refractivity contribution is -0.127. The van der Waals surface area contributed by atoms with Gasteiger partial charge in [-0.3, -0.25) is 9.59 Å². The third kappa shape index (κ3) is 3.02. The molecule has 1 aliphatic heterocycles. The molecule has 0 bridgehead atoms. The van der Waals surface area contributed by atoms with Crippen LogP contribution in [-0.4, -0.2) is 25.0 Å². The summed E-state index contributed by atoms with van der Waals surface area (Å²) in [7, 11) is 0. The monoisotopic (exact) mass is 384 g/mol. The number of fused-ring (bicyclic) bond motifs is 1. The van der Waals surface area contributed by atoms with E-state index in [1.165, 1.54) is 0 Å². The Bertz CT molecular complexity index is 885. The number of ether oxygens (including phenoxy) is 1. The summed E-state index contributed by atoms with van der Waals surface area (Å²) in [6, 6.07) is 9.55. The Kier molecular flexibility index (Phi) is 4.26. The predicted molar refractivity (Wildman–Crippen MR) is 108 cm³/mol. The molecule has 0 unspecified atom stereocenters.